The molecular weight excluding hydrogens is 535 g/mol. The first-order chi connectivity index (χ1) is 18.9. The number of aromatic nitrogens is 6. The van der Waals surface area contributed by atoms with E-state index >= 15 is 0 Å². The average molecular weight is 560 g/mol. The molecule has 16 heteroatoms. The number of aryl methyl sites for hydroxylation is 2. The molecule has 0 spiro atoms. The van der Waals surface area contributed by atoms with Gasteiger partial charge in [0.25, 0.3) is 5.91 Å². The Labute approximate surface area is 225 Å². The molecule has 0 saturated heterocycles. The lowest BCUT2D eigenvalue weighted by molar-refractivity contribution is -0.138. The lowest BCUT2D eigenvalue weighted by atomic mass is 10.1. The van der Waals surface area contributed by atoms with E-state index < -0.39 is 29.6 Å². The Balaban J connectivity index is 1.55. The molecule has 0 fully saturated rings. The fraction of sp³-hybridized carbons (Fsp3) is 0.292. The normalized spacial score (nSPS) is 12.2. The summed E-state index contributed by atoms with van der Waals surface area (Å²) >= 11 is 0. The maximum absolute atomic E-state index is 13.3. The number of hydrogen-bond acceptors (Lipinski definition) is 10. The molecule has 4 heterocycles. The van der Waals surface area contributed by atoms with Crippen LogP contribution in [-0.4, -0.2) is 58.8 Å². The van der Waals surface area contributed by atoms with Crippen molar-refractivity contribution in [2.45, 2.75) is 39.5 Å². The van der Waals surface area contributed by atoms with Gasteiger partial charge in [-0.05, 0) is 32.9 Å². The largest absolute Gasteiger partial charge is 0.418 e. The molecule has 0 unspecified atom stereocenters. The van der Waals surface area contributed by atoms with Gasteiger partial charge >= 0.3 is 6.18 Å². The van der Waals surface area contributed by atoms with Crippen LogP contribution in [0.2, 0.25) is 0 Å². The zero-order valence-electron chi connectivity index (χ0n) is 21.7. The molecule has 0 aliphatic carbocycles. The number of hydrogen-bond donors (Lipinski definition) is 3. The molecule has 4 aromatic rings. The van der Waals surface area contributed by atoms with Gasteiger partial charge in [0.1, 0.15) is 23.3 Å². The van der Waals surface area contributed by atoms with Crippen LogP contribution >= 0.6 is 0 Å². The Hall–Kier alpha value is -4.86. The Morgan fingerprint density at radius 1 is 1.20 bits per heavy atom. The number of imidazole rings is 1. The molecule has 0 aromatic carbocycles. The predicted molar refractivity (Wildman–Crippen MR) is 133 cm³/mol. The maximum atomic E-state index is 13.3. The first-order valence-corrected chi connectivity index (χ1v) is 11.7. The predicted octanol–water partition coefficient (Wildman–Crippen LogP) is 3.63. The molecule has 13 nitrogen and oxygen atoms in total. The zero-order valence-corrected chi connectivity index (χ0v) is 21.7. The first kappa shape index (κ1) is 28.2. The Morgan fingerprint density at radius 3 is 2.60 bits per heavy atom. The van der Waals surface area contributed by atoms with Gasteiger partial charge in [-0.25, -0.2) is 20.0 Å². The summed E-state index contributed by atoms with van der Waals surface area (Å²) in [5, 5.41) is 19.9. The molecule has 2 amide bonds. The van der Waals surface area contributed by atoms with Crippen LogP contribution in [0.5, 0.6) is 0 Å². The molecule has 0 aliphatic heterocycles. The van der Waals surface area contributed by atoms with Gasteiger partial charge in [-0.15, -0.1) is 0 Å². The van der Waals surface area contributed by atoms with E-state index in [4.69, 9.17) is 4.52 Å². The Kier molecular flexibility index (Phi) is 7.81. The van der Waals surface area contributed by atoms with Crippen LogP contribution in [0.3, 0.4) is 0 Å². The summed E-state index contributed by atoms with van der Waals surface area (Å²) < 4.78 is 46.2. The van der Waals surface area contributed by atoms with E-state index in [0.29, 0.717) is 16.5 Å². The van der Waals surface area contributed by atoms with Gasteiger partial charge in [0.15, 0.2) is 17.3 Å². The number of hydroxylamine groups is 2. The number of anilines is 2. The minimum Gasteiger partial charge on any atom is -0.371 e. The van der Waals surface area contributed by atoms with Crippen molar-refractivity contribution >= 4 is 23.5 Å². The molecule has 3 N–H and O–H groups in total. The smallest absolute Gasteiger partial charge is 0.371 e. The fourth-order valence-corrected chi connectivity index (χ4v) is 3.76. The SMILES string of the molecule is CNc1ncn([C@@H](C)C(=O)Nc2ccnc(-c3cnc(C)c(C(F)(F)F)c3)n2)c1C(=O)N(O)Cc1cc(C)on1. The quantitative estimate of drug-likeness (QED) is 0.214. The highest BCUT2D eigenvalue weighted by Crippen LogP contribution is 2.33. The maximum Gasteiger partial charge on any atom is 0.418 e. The number of carbonyl (C=O) groups is 2. The van der Waals surface area contributed by atoms with Gasteiger partial charge in [-0.2, -0.15) is 13.2 Å². The standard InChI is InChI=1S/C24H24F3N9O4/c1-12-7-16(34-40-12)10-36(39)23(38)19-21(28-4)31-11-35(19)14(3)22(37)33-18-5-6-29-20(32-18)15-8-17(24(25,26)27)13(2)30-9-15/h5-9,11,14,28,39H,10H2,1-4H3,(H,29,32,33,37)/t14-/m0/s1. The van der Waals surface area contributed by atoms with Crippen molar-refractivity contribution in [2.24, 2.45) is 0 Å². The third-order valence-electron chi connectivity index (χ3n) is 5.81. The van der Waals surface area contributed by atoms with E-state index in [0.717, 1.165) is 6.07 Å². The first-order valence-electron chi connectivity index (χ1n) is 11.7. The van der Waals surface area contributed by atoms with Crippen molar-refractivity contribution < 1.29 is 32.5 Å². The van der Waals surface area contributed by atoms with E-state index in [1.54, 1.807) is 13.0 Å². The van der Waals surface area contributed by atoms with Crippen molar-refractivity contribution in [3.8, 4) is 11.4 Å². The van der Waals surface area contributed by atoms with E-state index in [2.05, 4.69) is 35.7 Å². The third-order valence-corrected chi connectivity index (χ3v) is 5.81. The molecule has 0 saturated carbocycles. The molecule has 210 valence electrons. The summed E-state index contributed by atoms with van der Waals surface area (Å²) in [6.07, 6.45) is -0.883. The van der Waals surface area contributed by atoms with E-state index in [-0.39, 0.29) is 41.0 Å². The monoisotopic (exact) mass is 559 g/mol. The van der Waals surface area contributed by atoms with Gasteiger partial charge in [0, 0.05) is 36.8 Å². The van der Waals surface area contributed by atoms with Gasteiger partial charge < -0.3 is 19.7 Å². The molecular formula is C24H24F3N9O4. The summed E-state index contributed by atoms with van der Waals surface area (Å²) in [5.74, 6) is -0.972. The van der Waals surface area contributed by atoms with Crippen LogP contribution in [0.15, 0.2) is 41.4 Å². The minimum absolute atomic E-state index is 0.00278. The van der Waals surface area contributed by atoms with E-state index in [1.165, 1.54) is 50.2 Å². The van der Waals surface area contributed by atoms with Gasteiger partial charge in [0.2, 0.25) is 5.91 Å². The molecule has 4 rings (SSSR count). The van der Waals surface area contributed by atoms with Crippen LogP contribution in [0.25, 0.3) is 11.4 Å². The van der Waals surface area contributed by atoms with Gasteiger partial charge in [0.05, 0.1) is 18.4 Å². The number of amides is 2. The number of halogens is 3. The highest BCUT2D eigenvalue weighted by Gasteiger charge is 2.34. The third kappa shape index (κ3) is 5.90. The molecule has 0 radical (unpaired) electrons. The highest BCUT2D eigenvalue weighted by atomic mass is 19.4. The molecule has 1 atom stereocenters. The summed E-state index contributed by atoms with van der Waals surface area (Å²) in [7, 11) is 1.52. The van der Waals surface area contributed by atoms with Crippen molar-refractivity contribution in [3.63, 3.8) is 0 Å². The van der Waals surface area contributed by atoms with Gasteiger partial charge in [-0.1, -0.05) is 5.16 Å². The summed E-state index contributed by atoms with van der Waals surface area (Å²) in [6, 6.07) is 2.76. The number of alkyl halides is 3. The van der Waals surface area contributed by atoms with Crippen LogP contribution < -0.4 is 10.6 Å². The zero-order chi connectivity index (χ0) is 29.2. The minimum atomic E-state index is -4.61. The van der Waals surface area contributed by atoms with Crippen molar-refractivity contribution in [2.75, 3.05) is 17.7 Å². The number of rotatable bonds is 8. The molecule has 0 bridgehead atoms. The summed E-state index contributed by atoms with van der Waals surface area (Å²) in [4.78, 5) is 42.3. The number of nitrogens with one attached hydrogen (secondary N) is 2. The molecule has 0 aliphatic rings. The van der Waals surface area contributed by atoms with E-state index in [1.807, 2.05) is 0 Å². The van der Waals surface area contributed by atoms with Crippen LogP contribution in [0, 0.1) is 13.8 Å². The van der Waals surface area contributed by atoms with Crippen molar-refractivity contribution in [1.29, 1.82) is 0 Å². The molecule has 4 aromatic heterocycles. The van der Waals surface area contributed by atoms with Crippen molar-refractivity contribution in [1.82, 2.24) is 34.7 Å². The highest BCUT2D eigenvalue weighted by molar-refractivity contribution is 5.98. The number of pyridine rings is 1. The topological polar surface area (TPSA) is 164 Å². The Morgan fingerprint density at radius 2 is 1.95 bits per heavy atom. The second-order valence-corrected chi connectivity index (χ2v) is 8.68. The Bertz CT molecular complexity index is 1550. The second-order valence-electron chi connectivity index (χ2n) is 8.68. The summed E-state index contributed by atoms with van der Waals surface area (Å²) in [6.45, 7) is 4.11. The van der Waals surface area contributed by atoms with Crippen LogP contribution in [0.1, 0.15) is 46.2 Å². The van der Waals surface area contributed by atoms with Crippen molar-refractivity contribution in [3.05, 3.63) is 65.3 Å². The summed E-state index contributed by atoms with van der Waals surface area (Å²) in [5.41, 5.74) is -0.915. The van der Waals surface area contributed by atoms with E-state index in [9.17, 15) is 28.0 Å². The lowest BCUT2D eigenvalue weighted by Gasteiger charge is -2.19. The fourth-order valence-electron chi connectivity index (χ4n) is 3.76. The number of nitrogens with zero attached hydrogens (tertiary/aromatic N) is 7. The lowest BCUT2D eigenvalue weighted by Crippen LogP contribution is -2.32. The van der Waals surface area contributed by atoms with Crippen LogP contribution in [-0.2, 0) is 17.5 Å². The van der Waals surface area contributed by atoms with Crippen LogP contribution in [0.4, 0.5) is 24.8 Å². The molecule has 40 heavy (non-hydrogen) atoms. The average Bonchev–Trinajstić information content (AvgIpc) is 3.53. The second kappa shape index (κ2) is 11.1. The van der Waals surface area contributed by atoms with Gasteiger partial charge in [-0.3, -0.25) is 19.8 Å². The number of carbonyl (C=O) groups excluding carboxylic acids is 2.